The maximum absolute atomic E-state index is 10.4. The molecular formula is C6H13NO3. The van der Waals surface area contributed by atoms with Gasteiger partial charge in [0.05, 0.1) is 0 Å². The van der Waals surface area contributed by atoms with Crippen LogP contribution in [0.3, 0.4) is 0 Å². The normalized spacial score (nSPS) is 25.9. The van der Waals surface area contributed by atoms with Gasteiger partial charge in [-0.15, -0.1) is 0 Å². The van der Waals surface area contributed by atoms with Crippen LogP contribution >= 0.6 is 0 Å². The third-order valence-electron chi connectivity index (χ3n) is 1.81. The monoisotopic (exact) mass is 147 g/mol. The van der Waals surface area contributed by atoms with E-state index in [-0.39, 0.29) is 11.5 Å². The van der Waals surface area contributed by atoms with Gasteiger partial charge in [-0.1, -0.05) is 0 Å². The van der Waals surface area contributed by atoms with Gasteiger partial charge in [-0.3, -0.25) is 9.69 Å². The zero-order valence-corrected chi connectivity index (χ0v) is 6.00. The Morgan fingerprint density at radius 2 is 2.30 bits per heavy atom. The fraction of sp³-hybridized carbons (Fsp3) is 0.833. The van der Waals surface area contributed by atoms with E-state index in [0.29, 0.717) is 0 Å². The smallest absolute Gasteiger partial charge is 0.320 e. The molecule has 0 aromatic rings. The number of hydrogen-bond donors (Lipinski definition) is 1. The zero-order valence-electron chi connectivity index (χ0n) is 6.00. The van der Waals surface area contributed by atoms with E-state index < -0.39 is 5.97 Å². The number of rotatable bonds is 1. The molecular weight excluding hydrogens is 134 g/mol. The van der Waals surface area contributed by atoms with Crippen molar-refractivity contribution in [3.8, 4) is 0 Å². The van der Waals surface area contributed by atoms with Gasteiger partial charge in [-0.05, 0) is 26.4 Å². The van der Waals surface area contributed by atoms with Crippen molar-refractivity contribution in [1.82, 2.24) is 4.90 Å². The van der Waals surface area contributed by atoms with Gasteiger partial charge in [0.1, 0.15) is 6.04 Å². The number of aliphatic carboxylic acids is 1. The van der Waals surface area contributed by atoms with E-state index in [0.717, 1.165) is 19.4 Å². The average molecular weight is 147 g/mol. The minimum Gasteiger partial charge on any atom is -0.480 e. The first kappa shape index (κ1) is 9.39. The molecule has 0 spiro atoms. The van der Waals surface area contributed by atoms with Gasteiger partial charge in [0.25, 0.3) is 0 Å². The van der Waals surface area contributed by atoms with Crippen LogP contribution in [0.15, 0.2) is 0 Å². The van der Waals surface area contributed by atoms with Crippen molar-refractivity contribution in [2.45, 2.75) is 18.9 Å². The summed E-state index contributed by atoms with van der Waals surface area (Å²) < 4.78 is 0. The SMILES string of the molecule is CN1CCCC1C(=O)O.O. The minimum atomic E-state index is -0.685. The number of likely N-dealkylation sites (N-methyl/N-ethyl adjacent to an activating group) is 1. The molecule has 1 rings (SSSR count). The molecule has 1 unspecified atom stereocenters. The molecule has 10 heavy (non-hydrogen) atoms. The lowest BCUT2D eigenvalue weighted by Gasteiger charge is -2.13. The average Bonchev–Trinajstić information content (AvgIpc) is 2.13. The second-order valence-corrected chi connectivity index (χ2v) is 2.48. The van der Waals surface area contributed by atoms with Crippen LogP contribution in [0.5, 0.6) is 0 Å². The lowest BCUT2D eigenvalue weighted by molar-refractivity contribution is -0.141. The van der Waals surface area contributed by atoms with E-state index in [1.807, 2.05) is 11.9 Å². The van der Waals surface area contributed by atoms with Crippen molar-refractivity contribution in [2.75, 3.05) is 13.6 Å². The molecule has 1 saturated heterocycles. The summed E-state index contributed by atoms with van der Waals surface area (Å²) in [5.41, 5.74) is 0. The Labute approximate surface area is 59.8 Å². The van der Waals surface area contributed by atoms with Crippen molar-refractivity contribution in [2.24, 2.45) is 0 Å². The number of carboxylic acids is 1. The van der Waals surface area contributed by atoms with Gasteiger partial charge in [0, 0.05) is 0 Å². The number of carbonyl (C=O) groups is 1. The Bertz CT molecular complexity index is 126. The van der Waals surface area contributed by atoms with Crippen LogP contribution in [-0.2, 0) is 4.79 Å². The fourth-order valence-electron chi connectivity index (χ4n) is 1.22. The first-order chi connectivity index (χ1) is 4.22. The van der Waals surface area contributed by atoms with Crippen molar-refractivity contribution in [1.29, 1.82) is 0 Å². The maximum atomic E-state index is 10.4. The first-order valence-electron chi connectivity index (χ1n) is 3.15. The molecule has 0 radical (unpaired) electrons. The molecule has 60 valence electrons. The molecule has 3 N–H and O–H groups in total. The van der Waals surface area contributed by atoms with Gasteiger partial charge in [-0.25, -0.2) is 0 Å². The Morgan fingerprint density at radius 1 is 1.70 bits per heavy atom. The number of carboxylic acid groups (broad SMARTS) is 1. The van der Waals surface area contributed by atoms with Crippen LogP contribution in [0, 0.1) is 0 Å². The summed E-state index contributed by atoms with van der Waals surface area (Å²) in [7, 11) is 1.85. The molecule has 0 aromatic carbocycles. The molecule has 0 aromatic heterocycles. The molecule has 0 bridgehead atoms. The Hall–Kier alpha value is -0.610. The highest BCUT2D eigenvalue weighted by Gasteiger charge is 2.26. The number of hydrogen-bond acceptors (Lipinski definition) is 2. The predicted molar refractivity (Wildman–Crippen MR) is 36.9 cm³/mol. The molecule has 1 aliphatic heterocycles. The summed E-state index contributed by atoms with van der Waals surface area (Å²) in [4.78, 5) is 12.2. The lowest BCUT2D eigenvalue weighted by Crippen LogP contribution is -2.32. The van der Waals surface area contributed by atoms with Crippen molar-refractivity contribution >= 4 is 5.97 Å². The molecule has 4 heteroatoms. The van der Waals surface area contributed by atoms with Crippen molar-refractivity contribution in [3.63, 3.8) is 0 Å². The lowest BCUT2D eigenvalue weighted by atomic mass is 10.2. The van der Waals surface area contributed by atoms with Crippen LogP contribution in [-0.4, -0.2) is 41.1 Å². The van der Waals surface area contributed by atoms with Gasteiger partial charge in [0.2, 0.25) is 0 Å². The van der Waals surface area contributed by atoms with Crippen LogP contribution < -0.4 is 0 Å². The molecule has 1 fully saturated rings. The summed E-state index contributed by atoms with van der Waals surface area (Å²) >= 11 is 0. The highest BCUT2D eigenvalue weighted by molar-refractivity contribution is 5.73. The maximum Gasteiger partial charge on any atom is 0.320 e. The second kappa shape index (κ2) is 3.53. The summed E-state index contributed by atoms with van der Waals surface area (Å²) in [5.74, 6) is -0.685. The second-order valence-electron chi connectivity index (χ2n) is 2.48. The Morgan fingerprint density at radius 3 is 2.50 bits per heavy atom. The van der Waals surface area contributed by atoms with Crippen LogP contribution in [0.1, 0.15) is 12.8 Å². The van der Waals surface area contributed by atoms with E-state index in [2.05, 4.69) is 0 Å². The molecule has 1 aliphatic rings. The van der Waals surface area contributed by atoms with E-state index in [1.54, 1.807) is 0 Å². The quantitative estimate of drug-likeness (QED) is 0.535. The highest BCUT2D eigenvalue weighted by Crippen LogP contribution is 2.13. The van der Waals surface area contributed by atoms with Gasteiger partial charge < -0.3 is 10.6 Å². The van der Waals surface area contributed by atoms with Gasteiger partial charge >= 0.3 is 5.97 Å². The molecule has 0 saturated carbocycles. The topological polar surface area (TPSA) is 72.0 Å². The molecule has 0 aliphatic carbocycles. The summed E-state index contributed by atoms with van der Waals surface area (Å²) in [6.45, 7) is 0.928. The molecule has 0 amide bonds. The van der Waals surface area contributed by atoms with Crippen molar-refractivity contribution < 1.29 is 15.4 Å². The van der Waals surface area contributed by atoms with E-state index >= 15 is 0 Å². The summed E-state index contributed by atoms with van der Waals surface area (Å²) in [5, 5.41) is 8.54. The Balaban J connectivity index is 0.000000810. The predicted octanol–water partition coefficient (Wildman–Crippen LogP) is -0.659. The van der Waals surface area contributed by atoms with E-state index in [1.165, 1.54) is 0 Å². The first-order valence-corrected chi connectivity index (χ1v) is 3.15. The zero-order chi connectivity index (χ0) is 6.85. The summed E-state index contributed by atoms with van der Waals surface area (Å²) in [6.07, 6.45) is 1.83. The molecule has 1 atom stereocenters. The standard InChI is InChI=1S/C6H11NO2.H2O/c1-7-4-2-3-5(7)6(8)9;/h5H,2-4H2,1H3,(H,8,9);1H2. The molecule has 4 nitrogen and oxygen atoms in total. The van der Waals surface area contributed by atoms with Gasteiger partial charge in [-0.2, -0.15) is 0 Å². The van der Waals surface area contributed by atoms with Crippen LogP contribution in [0.4, 0.5) is 0 Å². The van der Waals surface area contributed by atoms with Crippen LogP contribution in [0.25, 0.3) is 0 Å². The van der Waals surface area contributed by atoms with E-state index in [4.69, 9.17) is 5.11 Å². The number of likely N-dealkylation sites (tertiary alicyclic amines) is 1. The Kier molecular flexibility index (Phi) is 3.32. The van der Waals surface area contributed by atoms with Gasteiger partial charge in [0.15, 0.2) is 0 Å². The third kappa shape index (κ3) is 1.68. The van der Waals surface area contributed by atoms with Crippen molar-refractivity contribution in [3.05, 3.63) is 0 Å². The minimum absolute atomic E-state index is 0. The fourth-order valence-corrected chi connectivity index (χ4v) is 1.22. The third-order valence-corrected chi connectivity index (χ3v) is 1.81. The number of nitrogens with zero attached hydrogens (tertiary/aromatic N) is 1. The van der Waals surface area contributed by atoms with Crippen LogP contribution in [0.2, 0.25) is 0 Å². The molecule has 1 heterocycles. The summed E-state index contributed by atoms with van der Waals surface area (Å²) in [6, 6.07) is -0.218. The largest absolute Gasteiger partial charge is 0.480 e. The highest BCUT2D eigenvalue weighted by atomic mass is 16.4. The van der Waals surface area contributed by atoms with E-state index in [9.17, 15) is 4.79 Å².